The first-order valence-corrected chi connectivity index (χ1v) is 6.23. The van der Waals surface area contributed by atoms with E-state index in [1.54, 1.807) is 25.5 Å². The molecule has 0 atom stereocenters. The van der Waals surface area contributed by atoms with E-state index in [4.69, 9.17) is 10.5 Å². The minimum absolute atomic E-state index is 0.112. The Morgan fingerprint density at radius 1 is 1.38 bits per heavy atom. The van der Waals surface area contributed by atoms with Crippen LogP contribution in [0.15, 0.2) is 18.5 Å². The number of carbonyl (C=O) groups is 1. The van der Waals surface area contributed by atoms with Crippen molar-refractivity contribution in [3.05, 3.63) is 18.5 Å². The second-order valence-electron chi connectivity index (χ2n) is 3.93. The molecular weight excluding hydrogens is 276 g/mol. The molecular formula is C11H16N8O2. The van der Waals surface area contributed by atoms with E-state index in [0.717, 1.165) is 0 Å². The number of hydrogen-bond acceptors (Lipinski definition) is 8. The molecule has 0 aliphatic carbocycles. The highest BCUT2D eigenvalue weighted by Crippen LogP contribution is 2.07. The number of amides is 1. The smallest absolute Gasteiger partial charge is 0.257 e. The summed E-state index contributed by atoms with van der Waals surface area (Å²) in [7, 11) is 1.71. The first-order valence-electron chi connectivity index (χ1n) is 6.23. The van der Waals surface area contributed by atoms with Crippen LogP contribution in [-0.4, -0.2) is 57.4 Å². The molecule has 0 aliphatic heterocycles. The van der Waals surface area contributed by atoms with Crippen molar-refractivity contribution >= 4 is 17.8 Å². The largest absolute Gasteiger partial charge is 0.370 e. The normalized spacial score (nSPS) is 10.3. The number of nitrogens with zero attached hydrogens (tertiary/aromatic N) is 5. The van der Waals surface area contributed by atoms with Gasteiger partial charge in [0.1, 0.15) is 6.61 Å². The van der Waals surface area contributed by atoms with Crippen molar-refractivity contribution in [3.63, 3.8) is 0 Å². The van der Waals surface area contributed by atoms with Crippen LogP contribution in [-0.2, 0) is 9.53 Å². The number of nitrogens with two attached hydrogens (primary N) is 1. The van der Waals surface area contributed by atoms with Gasteiger partial charge >= 0.3 is 0 Å². The fraction of sp³-hybridized carbons (Fsp3) is 0.364. The molecule has 0 fully saturated rings. The number of nitrogens with one attached hydrogen (secondary N) is 2. The molecule has 10 nitrogen and oxygen atoms in total. The fourth-order valence-corrected chi connectivity index (χ4v) is 1.45. The zero-order valence-corrected chi connectivity index (χ0v) is 11.5. The zero-order valence-electron chi connectivity index (χ0n) is 11.5. The summed E-state index contributed by atoms with van der Waals surface area (Å²) >= 11 is 0. The Morgan fingerprint density at radius 3 is 2.86 bits per heavy atom. The molecule has 0 radical (unpaired) electrons. The Morgan fingerprint density at radius 2 is 2.19 bits per heavy atom. The third-order valence-corrected chi connectivity index (χ3v) is 2.33. The van der Waals surface area contributed by atoms with E-state index < -0.39 is 5.91 Å². The third kappa shape index (κ3) is 4.38. The van der Waals surface area contributed by atoms with Crippen molar-refractivity contribution < 1.29 is 9.53 Å². The van der Waals surface area contributed by atoms with Gasteiger partial charge in [-0.25, -0.2) is 4.68 Å². The number of primary amides is 1. The van der Waals surface area contributed by atoms with Gasteiger partial charge in [0.05, 0.1) is 6.61 Å². The van der Waals surface area contributed by atoms with Gasteiger partial charge in [-0.2, -0.15) is 20.1 Å². The van der Waals surface area contributed by atoms with Gasteiger partial charge in [-0.15, -0.1) is 0 Å². The van der Waals surface area contributed by atoms with Crippen molar-refractivity contribution in [3.8, 4) is 5.95 Å². The van der Waals surface area contributed by atoms with Crippen molar-refractivity contribution in [2.45, 2.75) is 0 Å². The van der Waals surface area contributed by atoms with Gasteiger partial charge in [0, 0.05) is 26.0 Å². The Kier molecular flexibility index (Phi) is 4.99. The number of carbonyl (C=O) groups excluding carboxylic acids is 1. The van der Waals surface area contributed by atoms with E-state index in [2.05, 4.69) is 30.7 Å². The van der Waals surface area contributed by atoms with E-state index in [9.17, 15) is 4.79 Å². The van der Waals surface area contributed by atoms with Gasteiger partial charge in [0.15, 0.2) is 0 Å². The maximum absolute atomic E-state index is 10.5. The van der Waals surface area contributed by atoms with Gasteiger partial charge < -0.3 is 21.1 Å². The summed E-state index contributed by atoms with van der Waals surface area (Å²) in [6.45, 7) is 0.624. The minimum atomic E-state index is -0.506. The predicted molar refractivity (Wildman–Crippen MR) is 75.0 cm³/mol. The lowest BCUT2D eigenvalue weighted by Crippen LogP contribution is -2.21. The number of hydrogen-bond donors (Lipinski definition) is 3. The number of aromatic nitrogens is 5. The van der Waals surface area contributed by atoms with Gasteiger partial charge in [-0.05, 0) is 6.07 Å². The van der Waals surface area contributed by atoms with E-state index in [1.165, 1.54) is 4.68 Å². The van der Waals surface area contributed by atoms with Crippen LogP contribution in [0.4, 0.5) is 11.9 Å². The second-order valence-corrected chi connectivity index (χ2v) is 3.93. The molecule has 21 heavy (non-hydrogen) atoms. The van der Waals surface area contributed by atoms with Gasteiger partial charge in [-0.3, -0.25) is 4.79 Å². The molecule has 0 unspecified atom stereocenters. The van der Waals surface area contributed by atoms with E-state index in [-0.39, 0.29) is 6.61 Å². The molecule has 0 aliphatic rings. The zero-order chi connectivity index (χ0) is 15.1. The molecule has 2 rings (SSSR count). The Bertz CT molecular complexity index is 586. The summed E-state index contributed by atoms with van der Waals surface area (Å²) in [6, 6.07) is 1.77. The molecule has 2 aromatic heterocycles. The van der Waals surface area contributed by atoms with Crippen LogP contribution in [0.25, 0.3) is 5.95 Å². The molecule has 10 heteroatoms. The standard InChI is InChI=1S/C11H16N8O2/c1-13-9-16-10(14-4-6-21-7-8(12)20)18-11(17-9)19-5-2-3-15-19/h2-3,5H,4,6-7H2,1H3,(H2,12,20)(H2,13,14,16,17,18). The summed E-state index contributed by atoms with van der Waals surface area (Å²) in [5.74, 6) is 0.673. The van der Waals surface area contributed by atoms with Crippen LogP contribution in [0.2, 0.25) is 0 Å². The third-order valence-electron chi connectivity index (χ3n) is 2.33. The van der Waals surface area contributed by atoms with Crippen LogP contribution in [0.3, 0.4) is 0 Å². The van der Waals surface area contributed by atoms with Gasteiger partial charge in [0.2, 0.25) is 17.8 Å². The van der Waals surface area contributed by atoms with Crippen molar-refractivity contribution in [2.24, 2.45) is 5.73 Å². The average molecular weight is 292 g/mol. The van der Waals surface area contributed by atoms with Crippen molar-refractivity contribution in [2.75, 3.05) is 37.4 Å². The highest BCUT2D eigenvalue weighted by Gasteiger charge is 2.07. The number of anilines is 2. The molecule has 0 saturated carbocycles. The van der Waals surface area contributed by atoms with Gasteiger partial charge in [0.25, 0.3) is 5.95 Å². The Labute approximate surface area is 120 Å². The van der Waals surface area contributed by atoms with Gasteiger partial charge in [-0.1, -0.05) is 0 Å². The summed E-state index contributed by atoms with van der Waals surface area (Å²) in [5.41, 5.74) is 4.96. The van der Waals surface area contributed by atoms with Crippen molar-refractivity contribution in [1.29, 1.82) is 0 Å². The first-order chi connectivity index (χ1) is 10.2. The first kappa shape index (κ1) is 14.7. The maximum Gasteiger partial charge on any atom is 0.257 e. The Balaban J connectivity index is 1.99. The topological polar surface area (TPSA) is 133 Å². The molecule has 4 N–H and O–H groups in total. The molecule has 1 amide bonds. The summed E-state index contributed by atoms with van der Waals surface area (Å²) < 4.78 is 6.56. The lowest BCUT2D eigenvalue weighted by atomic mass is 10.6. The minimum Gasteiger partial charge on any atom is -0.370 e. The number of ether oxygens (including phenoxy) is 1. The van der Waals surface area contributed by atoms with Crippen LogP contribution < -0.4 is 16.4 Å². The van der Waals surface area contributed by atoms with E-state index >= 15 is 0 Å². The second kappa shape index (κ2) is 7.14. The molecule has 0 saturated heterocycles. The molecule has 0 bridgehead atoms. The molecule has 0 spiro atoms. The van der Waals surface area contributed by atoms with E-state index in [0.29, 0.717) is 31.0 Å². The quantitative estimate of drug-likeness (QED) is 0.528. The maximum atomic E-state index is 10.5. The molecule has 0 aromatic carbocycles. The SMILES string of the molecule is CNc1nc(NCCOCC(N)=O)nc(-n2cccn2)n1. The predicted octanol–water partition coefficient (Wildman–Crippen LogP) is -0.987. The van der Waals surface area contributed by atoms with Crippen LogP contribution in [0, 0.1) is 0 Å². The highest BCUT2D eigenvalue weighted by molar-refractivity contribution is 5.74. The van der Waals surface area contributed by atoms with Crippen molar-refractivity contribution in [1.82, 2.24) is 24.7 Å². The molecule has 2 heterocycles. The number of rotatable bonds is 8. The Hall–Kier alpha value is -2.75. The average Bonchev–Trinajstić information content (AvgIpc) is 3.00. The van der Waals surface area contributed by atoms with Crippen LogP contribution in [0.5, 0.6) is 0 Å². The fourth-order valence-electron chi connectivity index (χ4n) is 1.45. The summed E-state index contributed by atoms with van der Waals surface area (Å²) in [4.78, 5) is 23.1. The van der Waals surface area contributed by atoms with E-state index in [1.807, 2.05) is 0 Å². The summed E-state index contributed by atoms with van der Waals surface area (Å²) in [6.07, 6.45) is 3.36. The molecule has 112 valence electrons. The monoisotopic (exact) mass is 292 g/mol. The highest BCUT2D eigenvalue weighted by atomic mass is 16.5. The van der Waals surface area contributed by atoms with Crippen LogP contribution >= 0.6 is 0 Å². The van der Waals surface area contributed by atoms with Crippen LogP contribution in [0.1, 0.15) is 0 Å². The lowest BCUT2D eigenvalue weighted by molar-refractivity contribution is -0.122. The summed E-state index contributed by atoms with van der Waals surface area (Å²) in [5, 5.41) is 9.89. The molecule has 2 aromatic rings. The lowest BCUT2D eigenvalue weighted by Gasteiger charge is -2.08.